The lowest BCUT2D eigenvalue weighted by atomic mass is 9.85. The van der Waals surface area contributed by atoms with E-state index in [1.54, 1.807) is 0 Å². The molecule has 0 saturated carbocycles. The summed E-state index contributed by atoms with van der Waals surface area (Å²) in [6, 6.07) is 22.0. The zero-order chi connectivity index (χ0) is 19.4. The molecule has 1 nitrogen and oxygen atoms in total. The van der Waals surface area contributed by atoms with Crippen LogP contribution in [0.2, 0.25) is 0 Å². The number of hydrogen-bond acceptors (Lipinski definition) is 1. The minimum absolute atomic E-state index is 0.177. The lowest BCUT2D eigenvalue weighted by molar-refractivity contribution is 0.731. The van der Waals surface area contributed by atoms with Crippen molar-refractivity contribution in [2.24, 2.45) is 4.99 Å². The van der Waals surface area contributed by atoms with E-state index in [0.717, 1.165) is 6.42 Å². The molecule has 1 atom stereocenters. The van der Waals surface area contributed by atoms with Gasteiger partial charge in [0.05, 0.1) is 6.04 Å². The maximum absolute atomic E-state index is 4.96. The minimum atomic E-state index is 0.177. The first-order valence-corrected chi connectivity index (χ1v) is 10.1. The van der Waals surface area contributed by atoms with Crippen LogP contribution < -0.4 is 0 Å². The molecule has 27 heavy (non-hydrogen) atoms. The Bertz CT molecular complexity index is 902. The predicted molar refractivity (Wildman–Crippen MR) is 119 cm³/mol. The van der Waals surface area contributed by atoms with E-state index in [1.807, 2.05) is 0 Å². The second-order valence-corrected chi connectivity index (χ2v) is 8.01. The summed E-state index contributed by atoms with van der Waals surface area (Å²) in [5.41, 5.74) is 5.61. The SMILES string of the molecule is CC(C)c1cccc(C(C)C)c1C(C)N=CCc1cccc2ccccc12. The van der Waals surface area contributed by atoms with Gasteiger partial charge in [0.25, 0.3) is 0 Å². The van der Waals surface area contributed by atoms with Gasteiger partial charge >= 0.3 is 0 Å². The molecule has 0 fully saturated rings. The predicted octanol–water partition coefficient (Wildman–Crippen LogP) is 7.46. The normalized spacial score (nSPS) is 13.1. The highest BCUT2D eigenvalue weighted by molar-refractivity contribution is 5.87. The van der Waals surface area contributed by atoms with Crippen molar-refractivity contribution in [3.8, 4) is 0 Å². The van der Waals surface area contributed by atoms with Crippen molar-refractivity contribution >= 4 is 17.0 Å². The van der Waals surface area contributed by atoms with E-state index < -0.39 is 0 Å². The first kappa shape index (κ1) is 19.4. The summed E-state index contributed by atoms with van der Waals surface area (Å²) in [5.74, 6) is 1.02. The van der Waals surface area contributed by atoms with Crippen LogP contribution in [-0.4, -0.2) is 6.21 Å². The Balaban J connectivity index is 1.88. The maximum Gasteiger partial charge on any atom is 0.0722 e. The van der Waals surface area contributed by atoms with Crippen LogP contribution in [0.3, 0.4) is 0 Å². The van der Waals surface area contributed by atoms with Gasteiger partial charge in [-0.3, -0.25) is 4.99 Å². The standard InChI is InChI=1S/C26H31N/c1-18(2)23-14-9-15-24(19(3)4)26(23)20(5)27-17-16-22-12-8-11-21-10-6-7-13-25(21)22/h6-15,17-20H,16H2,1-5H3. The number of hydrogen-bond donors (Lipinski definition) is 0. The van der Waals surface area contributed by atoms with Gasteiger partial charge in [-0.2, -0.15) is 0 Å². The van der Waals surface area contributed by atoms with E-state index in [9.17, 15) is 0 Å². The number of aliphatic imine (C=N–C) groups is 1. The van der Waals surface area contributed by atoms with E-state index in [1.165, 1.54) is 33.0 Å². The molecule has 0 saturated heterocycles. The largest absolute Gasteiger partial charge is 0.289 e. The highest BCUT2D eigenvalue weighted by atomic mass is 14.8. The number of fused-ring (bicyclic) bond motifs is 1. The van der Waals surface area contributed by atoms with Crippen LogP contribution in [-0.2, 0) is 6.42 Å². The fraction of sp³-hybridized carbons (Fsp3) is 0.346. The van der Waals surface area contributed by atoms with Gasteiger partial charge in [-0.05, 0) is 51.8 Å². The third kappa shape index (κ3) is 4.30. The molecule has 0 aliphatic carbocycles. The molecule has 1 unspecified atom stereocenters. The summed E-state index contributed by atoms with van der Waals surface area (Å²) in [5, 5.41) is 2.62. The minimum Gasteiger partial charge on any atom is -0.289 e. The van der Waals surface area contributed by atoms with Gasteiger partial charge in [-0.1, -0.05) is 88.4 Å². The van der Waals surface area contributed by atoms with Gasteiger partial charge in [0.1, 0.15) is 0 Å². The van der Waals surface area contributed by atoms with Crippen LogP contribution in [0.4, 0.5) is 0 Å². The number of benzene rings is 3. The van der Waals surface area contributed by atoms with Gasteiger partial charge in [0, 0.05) is 12.6 Å². The number of nitrogens with zero attached hydrogens (tertiary/aromatic N) is 1. The molecule has 140 valence electrons. The zero-order valence-electron chi connectivity index (χ0n) is 17.2. The topological polar surface area (TPSA) is 12.4 Å². The van der Waals surface area contributed by atoms with Gasteiger partial charge < -0.3 is 0 Å². The fourth-order valence-corrected chi connectivity index (χ4v) is 3.95. The van der Waals surface area contributed by atoms with E-state index in [4.69, 9.17) is 4.99 Å². The molecule has 0 aromatic heterocycles. The van der Waals surface area contributed by atoms with Crippen LogP contribution in [0.15, 0.2) is 65.7 Å². The summed E-state index contributed by atoms with van der Waals surface area (Å²) in [4.78, 5) is 4.96. The molecular weight excluding hydrogens is 326 g/mol. The molecule has 0 amide bonds. The van der Waals surface area contributed by atoms with E-state index in [-0.39, 0.29) is 6.04 Å². The van der Waals surface area contributed by atoms with Crippen molar-refractivity contribution in [2.75, 3.05) is 0 Å². The Kier molecular flexibility index (Phi) is 6.11. The average molecular weight is 358 g/mol. The van der Waals surface area contributed by atoms with E-state index in [2.05, 4.69) is 101 Å². The second-order valence-electron chi connectivity index (χ2n) is 8.01. The van der Waals surface area contributed by atoms with Gasteiger partial charge in [-0.15, -0.1) is 0 Å². The van der Waals surface area contributed by atoms with Crippen LogP contribution >= 0.6 is 0 Å². The average Bonchev–Trinajstić information content (AvgIpc) is 2.67. The lowest BCUT2D eigenvalue weighted by Crippen LogP contribution is -2.06. The molecule has 3 aromatic carbocycles. The number of rotatable bonds is 6. The molecular formula is C26H31N. The highest BCUT2D eigenvalue weighted by Crippen LogP contribution is 2.33. The molecule has 3 aromatic rings. The van der Waals surface area contributed by atoms with Crippen molar-refractivity contribution in [1.82, 2.24) is 0 Å². The van der Waals surface area contributed by atoms with Crippen LogP contribution in [0.1, 0.15) is 74.8 Å². The Morgan fingerprint density at radius 2 is 1.33 bits per heavy atom. The van der Waals surface area contributed by atoms with Crippen molar-refractivity contribution in [1.29, 1.82) is 0 Å². The Morgan fingerprint density at radius 1 is 0.741 bits per heavy atom. The molecule has 0 radical (unpaired) electrons. The molecule has 0 N–H and O–H groups in total. The first-order valence-electron chi connectivity index (χ1n) is 10.1. The Morgan fingerprint density at radius 3 is 2.00 bits per heavy atom. The monoisotopic (exact) mass is 357 g/mol. The summed E-state index contributed by atoms with van der Waals surface area (Å²) >= 11 is 0. The van der Waals surface area contributed by atoms with Crippen molar-refractivity contribution < 1.29 is 0 Å². The summed E-state index contributed by atoms with van der Waals surface area (Å²) in [7, 11) is 0. The van der Waals surface area contributed by atoms with E-state index >= 15 is 0 Å². The quantitative estimate of drug-likeness (QED) is 0.406. The van der Waals surface area contributed by atoms with Gasteiger partial charge in [0.15, 0.2) is 0 Å². The molecule has 0 heterocycles. The molecule has 3 rings (SSSR count). The Labute approximate surface area is 164 Å². The molecule has 0 spiro atoms. The third-order valence-electron chi connectivity index (χ3n) is 5.36. The fourth-order valence-electron chi connectivity index (χ4n) is 3.95. The first-order chi connectivity index (χ1) is 13.0. The summed E-state index contributed by atoms with van der Waals surface area (Å²) in [6.07, 6.45) is 2.97. The van der Waals surface area contributed by atoms with Gasteiger partial charge in [-0.25, -0.2) is 0 Å². The molecule has 1 heteroatoms. The summed E-state index contributed by atoms with van der Waals surface area (Å²) < 4.78 is 0. The zero-order valence-corrected chi connectivity index (χ0v) is 17.2. The maximum atomic E-state index is 4.96. The van der Waals surface area contributed by atoms with Crippen molar-refractivity contribution in [2.45, 2.75) is 58.9 Å². The summed E-state index contributed by atoms with van der Waals surface area (Å²) in [6.45, 7) is 11.3. The lowest BCUT2D eigenvalue weighted by Gasteiger charge is -2.22. The van der Waals surface area contributed by atoms with Gasteiger partial charge in [0.2, 0.25) is 0 Å². The second kappa shape index (κ2) is 8.52. The Hall–Kier alpha value is -2.41. The smallest absolute Gasteiger partial charge is 0.0722 e. The molecule has 0 aliphatic heterocycles. The third-order valence-corrected chi connectivity index (χ3v) is 5.36. The van der Waals surface area contributed by atoms with E-state index in [0.29, 0.717) is 11.8 Å². The highest BCUT2D eigenvalue weighted by Gasteiger charge is 2.17. The molecule has 0 aliphatic rings. The van der Waals surface area contributed by atoms with Crippen LogP contribution in [0.25, 0.3) is 10.8 Å². The van der Waals surface area contributed by atoms with Crippen molar-refractivity contribution in [3.63, 3.8) is 0 Å². The molecule has 0 bridgehead atoms. The van der Waals surface area contributed by atoms with Crippen LogP contribution in [0.5, 0.6) is 0 Å². The van der Waals surface area contributed by atoms with Crippen LogP contribution in [0, 0.1) is 0 Å². The van der Waals surface area contributed by atoms with Crippen molar-refractivity contribution in [3.05, 3.63) is 82.9 Å².